The largest absolute Gasteiger partial charge is 0.365 e. The maximum absolute atomic E-state index is 12.6. The number of carbonyl (C=O) groups excluding carboxylic acids is 1. The van der Waals surface area contributed by atoms with E-state index in [0.29, 0.717) is 23.8 Å². The van der Waals surface area contributed by atoms with E-state index in [-0.39, 0.29) is 11.9 Å². The van der Waals surface area contributed by atoms with Gasteiger partial charge in [0.25, 0.3) is 0 Å². The highest BCUT2D eigenvalue weighted by atomic mass is 16.2. The number of rotatable bonds is 4. The van der Waals surface area contributed by atoms with Crippen molar-refractivity contribution in [3.63, 3.8) is 0 Å². The first-order valence-corrected chi connectivity index (χ1v) is 13.2. The first kappa shape index (κ1) is 22.6. The van der Waals surface area contributed by atoms with Crippen LogP contribution in [-0.4, -0.2) is 75.5 Å². The molecular weight excluding hydrogens is 464 g/mol. The number of nitrogens with one attached hydrogen (secondary N) is 2. The van der Waals surface area contributed by atoms with Gasteiger partial charge in [-0.15, -0.1) is 0 Å². The molecule has 2 aromatic heterocycles. The molecule has 2 N–H and O–H groups in total. The number of aromatic nitrogens is 3. The first-order chi connectivity index (χ1) is 18.0. The van der Waals surface area contributed by atoms with Crippen LogP contribution in [0.25, 0.3) is 11.3 Å². The monoisotopic (exact) mass is 496 g/mol. The van der Waals surface area contributed by atoms with Crippen LogP contribution < -0.4 is 15.5 Å². The number of amides is 1. The van der Waals surface area contributed by atoms with Gasteiger partial charge in [0, 0.05) is 66.6 Å². The maximum Gasteiger partial charge on any atom is 0.242 e. The van der Waals surface area contributed by atoms with Gasteiger partial charge in [-0.3, -0.25) is 14.6 Å². The van der Waals surface area contributed by atoms with E-state index in [1.807, 2.05) is 6.07 Å². The van der Waals surface area contributed by atoms with Crippen LogP contribution in [0, 0.1) is 6.92 Å². The Hall–Kier alpha value is -3.56. The van der Waals surface area contributed by atoms with Gasteiger partial charge in [-0.1, -0.05) is 0 Å². The van der Waals surface area contributed by atoms with Crippen LogP contribution in [-0.2, 0) is 11.3 Å². The Morgan fingerprint density at radius 3 is 2.84 bits per heavy atom. The number of likely N-dealkylation sites (tertiary alicyclic amines) is 1. The molecule has 9 nitrogen and oxygen atoms in total. The van der Waals surface area contributed by atoms with Gasteiger partial charge >= 0.3 is 0 Å². The topological polar surface area (TPSA) is 89.5 Å². The smallest absolute Gasteiger partial charge is 0.242 e. The van der Waals surface area contributed by atoms with Crippen LogP contribution in [0.1, 0.15) is 30.4 Å². The summed E-state index contributed by atoms with van der Waals surface area (Å²) in [6.07, 6.45) is 6.77. The summed E-state index contributed by atoms with van der Waals surface area (Å²) in [6.45, 7) is 6.09. The Morgan fingerprint density at radius 1 is 1.11 bits per heavy atom. The summed E-state index contributed by atoms with van der Waals surface area (Å²) in [5, 5.41) is 6.40. The molecule has 4 aliphatic heterocycles. The van der Waals surface area contributed by atoms with Crippen molar-refractivity contribution in [1.82, 2.24) is 24.8 Å². The van der Waals surface area contributed by atoms with Crippen LogP contribution in [0.2, 0.25) is 0 Å². The molecule has 190 valence electrons. The highest BCUT2D eigenvalue weighted by molar-refractivity contribution is 5.95. The van der Waals surface area contributed by atoms with Crippen LogP contribution in [0.4, 0.5) is 23.1 Å². The minimum Gasteiger partial charge on any atom is -0.365 e. The summed E-state index contributed by atoms with van der Waals surface area (Å²) in [4.78, 5) is 33.7. The summed E-state index contributed by atoms with van der Waals surface area (Å²) in [5.74, 6) is 1.26. The lowest BCUT2D eigenvalue weighted by Crippen LogP contribution is -2.44. The number of carbonyl (C=O) groups is 1. The van der Waals surface area contributed by atoms with Crippen molar-refractivity contribution in [1.29, 1.82) is 0 Å². The summed E-state index contributed by atoms with van der Waals surface area (Å²) in [6, 6.07) is 11.8. The van der Waals surface area contributed by atoms with E-state index in [4.69, 9.17) is 4.98 Å². The quantitative estimate of drug-likeness (QED) is 0.568. The molecule has 3 aromatic rings. The number of hydrogen-bond donors (Lipinski definition) is 2. The number of anilines is 4. The highest BCUT2D eigenvalue weighted by Crippen LogP contribution is 2.36. The van der Waals surface area contributed by atoms with Crippen molar-refractivity contribution in [3.05, 3.63) is 53.9 Å². The molecule has 9 heteroatoms. The van der Waals surface area contributed by atoms with Crippen LogP contribution in [0.5, 0.6) is 0 Å². The molecule has 3 fully saturated rings. The third-order valence-corrected chi connectivity index (χ3v) is 8.48. The Balaban J connectivity index is 1.10. The summed E-state index contributed by atoms with van der Waals surface area (Å²) in [5.41, 5.74) is 6.29. The third-order valence-electron chi connectivity index (χ3n) is 8.48. The number of aryl methyl sites for hydroxylation is 1. The van der Waals surface area contributed by atoms with Crippen molar-refractivity contribution in [2.45, 2.75) is 50.9 Å². The van der Waals surface area contributed by atoms with Crippen molar-refractivity contribution in [3.8, 4) is 11.3 Å². The zero-order chi connectivity index (χ0) is 25.1. The molecule has 1 amide bonds. The van der Waals surface area contributed by atoms with Gasteiger partial charge in [-0.05, 0) is 75.7 Å². The lowest BCUT2D eigenvalue weighted by atomic mass is 10.1. The fraction of sp³-hybridized carbons (Fsp3) is 0.429. The molecule has 4 aliphatic rings. The van der Waals surface area contributed by atoms with E-state index < -0.39 is 0 Å². The van der Waals surface area contributed by atoms with Crippen molar-refractivity contribution >= 4 is 29.0 Å². The predicted molar refractivity (Wildman–Crippen MR) is 144 cm³/mol. The molecule has 6 heterocycles. The van der Waals surface area contributed by atoms with Crippen molar-refractivity contribution in [2.24, 2.45) is 0 Å². The summed E-state index contributed by atoms with van der Waals surface area (Å²) in [7, 11) is 2.23. The molecule has 2 bridgehead atoms. The van der Waals surface area contributed by atoms with Crippen LogP contribution in [0.3, 0.4) is 0 Å². The molecule has 3 atom stereocenters. The first-order valence-electron chi connectivity index (χ1n) is 13.2. The second-order valence-corrected chi connectivity index (χ2v) is 10.9. The molecule has 37 heavy (non-hydrogen) atoms. The number of nitrogens with zero attached hydrogens (tertiary/aromatic N) is 6. The second kappa shape index (κ2) is 8.78. The number of piperazine rings is 1. The van der Waals surface area contributed by atoms with Gasteiger partial charge in [0.15, 0.2) is 0 Å². The number of benzene rings is 1. The van der Waals surface area contributed by atoms with Gasteiger partial charge < -0.3 is 15.5 Å². The zero-order valence-electron chi connectivity index (χ0n) is 21.3. The predicted octanol–water partition coefficient (Wildman–Crippen LogP) is 3.40. The van der Waals surface area contributed by atoms with Crippen molar-refractivity contribution in [2.75, 3.05) is 42.2 Å². The van der Waals surface area contributed by atoms with Gasteiger partial charge in [0.2, 0.25) is 11.9 Å². The fourth-order valence-electron chi connectivity index (χ4n) is 6.54. The lowest BCUT2D eigenvalue weighted by molar-refractivity contribution is -0.120. The van der Waals surface area contributed by atoms with Gasteiger partial charge in [0.1, 0.15) is 5.82 Å². The van der Waals surface area contributed by atoms with Gasteiger partial charge in [-0.25, -0.2) is 15.0 Å². The maximum atomic E-state index is 12.6. The standard InChI is InChI=1S/C28H32N8O/c1-17-10-20(5-6-24(17)36-16-21-12-22(36)15-34(21)2)31-28-29-8-7-23(32-28)18-11-19-14-35-9-3-4-25(35)27(37)33-26(19)30-13-18/h5-8,10-11,13,21-22,25H,3-4,9,12,14-16H2,1-2H3,(H,29,31,32)(H,30,33,37)/t21-,22-,25?/m0/s1. The van der Waals surface area contributed by atoms with Gasteiger partial charge in [-0.2, -0.15) is 0 Å². The van der Waals surface area contributed by atoms with Crippen LogP contribution in [0.15, 0.2) is 42.7 Å². The molecule has 0 radical (unpaired) electrons. The highest BCUT2D eigenvalue weighted by Gasteiger charge is 2.41. The molecule has 7 rings (SSSR count). The Morgan fingerprint density at radius 2 is 2.03 bits per heavy atom. The normalized spacial score (nSPS) is 25.1. The fourth-order valence-corrected chi connectivity index (χ4v) is 6.54. The SMILES string of the molecule is Cc1cc(Nc2nccc(-c3cnc4c(c3)CN3CCCC3C(=O)N4)n2)ccc1N1C[C@@H]2C[C@H]1CN2C. The molecule has 1 unspecified atom stereocenters. The third kappa shape index (κ3) is 4.02. The number of pyridine rings is 1. The Kier molecular flexibility index (Phi) is 5.37. The van der Waals surface area contributed by atoms with E-state index in [9.17, 15) is 4.79 Å². The van der Waals surface area contributed by atoms with Crippen molar-refractivity contribution < 1.29 is 4.79 Å². The molecular formula is C28H32N8O. The second-order valence-electron chi connectivity index (χ2n) is 10.9. The van der Waals surface area contributed by atoms with E-state index >= 15 is 0 Å². The molecule has 0 aliphatic carbocycles. The molecule has 0 spiro atoms. The van der Waals surface area contributed by atoms with E-state index in [2.05, 4.69) is 73.5 Å². The number of likely N-dealkylation sites (N-methyl/N-ethyl adjacent to an activating group) is 1. The molecule has 0 saturated carbocycles. The number of hydrogen-bond acceptors (Lipinski definition) is 8. The van der Waals surface area contributed by atoms with Crippen LogP contribution >= 0.6 is 0 Å². The Bertz CT molecular complexity index is 1370. The summed E-state index contributed by atoms with van der Waals surface area (Å²) < 4.78 is 0. The van der Waals surface area contributed by atoms with E-state index in [1.165, 1.54) is 17.7 Å². The van der Waals surface area contributed by atoms with E-state index in [1.54, 1.807) is 12.4 Å². The lowest BCUT2D eigenvalue weighted by Gasteiger charge is -2.34. The Labute approximate surface area is 216 Å². The average molecular weight is 497 g/mol. The molecule has 1 aromatic carbocycles. The van der Waals surface area contributed by atoms with Gasteiger partial charge in [0.05, 0.1) is 11.7 Å². The number of fused-ring (bicyclic) bond motifs is 4. The molecule has 3 saturated heterocycles. The summed E-state index contributed by atoms with van der Waals surface area (Å²) >= 11 is 0. The minimum absolute atomic E-state index is 0.0516. The minimum atomic E-state index is -0.0516. The zero-order valence-corrected chi connectivity index (χ0v) is 21.3. The van der Waals surface area contributed by atoms with E-state index in [0.717, 1.165) is 61.5 Å². The average Bonchev–Trinajstić information content (AvgIpc) is 3.59.